The average molecular weight is 299 g/mol. The lowest BCUT2D eigenvalue weighted by atomic mass is 10.2. The van der Waals surface area contributed by atoms with Crippen LogP contribution < -0.4 is 15.8 Å². The third-order valence-electron chi connectivity index (χ3n) is 3.63. The smallest absolute Gasteiger partial charge is 0.287 e. The van der Waals surface area contributed by atoms with E-state index in [9.17, 15) is 4.79 Å². The molecule has 1 N–H and O–H groups in total. The van der Waals surface area contributed by atoms with Gasteiger partial charge in [0.2, 0.25) is 0 Å². The molecule has 0 saturated carbocycles. The van der Waals surface area contributed by atoms with Crippen LogP contribution in [0.2, 0.25) is 5.02 Å². The predicted molar refractivity (Wildman–Crippen MR) is 82.6 cm³/mol. The Kier molecular flexibility index (Phi) is 5.05. The molecule has 2 rings (SSSR count). The molecule has 1 atom stereocenters. The molecule has 2 heterocycles. The zero-order chi connectivity index (χ0) is 14.7. The molecule has 0 amide bonds. The van der Waals surface area contributed by atoms with Crippen LogP contribution in [0.25, 0.3) is 0 Å². The largest absolute Gasteiger partial charge is 0.365 e. The molecule has 0 aromatic carbocycles. The number of nitrogens with one attached hydrogen (secondary N) is 1. The Morgan fingerprint density at radius 3 is 2.90 bits per heavy atom. The summed E-state index contributed by atoms with van der Waals surface area (Å²) in [5.74, 6) is 0.364. The highest BCUT2D eigenvalue weighted by Crippen LogP contribution is 2.25. The van der Waals surface area contributed by atoms with E-state index in [2.05, 4.69) is 36.1 Å². The number of halogens is 1. The zero-order valence-electron chi connectivity index (χ0n) is 12.4. The van der Waals surface area contributed by atoms with Crippen LogP contribution in [0.15, 0.2) is 11.0 Å². The summed E-state index contributed by atoms with van der Waals surface area (Å²) in [5.41, 5.74) is 0.565. The molecule has 1 aliphatic heterocycles. The second-order valence-corrected chi connectivity index (χ2v) is 6.04. The van der Waals surface area contributed by atoms with E-state index in [-0.39, 0.29) is 10.6 Å². The van der Waals surface area contributed by atoms with Crippen LogP contribution in [0.4, 0.5) is 5.69 Å². The molecule has 5 nitrogen and oxygen atoms in total. The summed E-state index contributed by atoms with van der Waals surface area (Å²) < 4.78 is 1.46. The summed E-state index contributed by atoms with van der Waals surface area (Å²) in [6, 6.07) is 0.389. The van der Waals surface area contributed by atoms with Gasteiger partial charge < -0.3 is 10.2 Å². The molecule has 1 aromatic heterocycles. The summed E-state index contributed by atoms with van der Waals surface area (Å²) in [7, 11) is 0. The summed E-state index contributed by atoms with van der Waals surface area (Å²) in [6.45, 7) is 9.54. The average Bonchev–Trinajstić information content (AvgIpc) is 2.92. The van der Waals surface area contributed by atoms with E-state index in [4.69, 9.17) is 11.6 Å². The highest BCUT2D eigenvalue weighted by molar-refractivity contribution is 6.33. The number of anilines is 1. The number of nitrogens with zero attached hydrogens (tertiary/aromatic N) is 3. The van der Waals surface area contributed by atoms with E-state index in [1.54, 1.807) is 6.20 Å². The third kappa shape index (κ3) is 3.15. The Balaban J connectivity index is 2.32. The van der Waals surface area contributed by atoms with Crippen molar-refractivity contribution in [3.05, 3.63) is 21.6 Å². The molecular formula is C14H23ClN4O. The van der Waals surface area contributed by atoms with Gasteiger partial charge in [-0.05, 0) is 25.8 Å². The van der Waals surface area contributed by atoms with Crippen molar-refractivity contribution in [1.82, 2.24) is 15.1 Å². The standard InChI is InChI=1S/C14H23ClN4O/c1-4-18(11-5-6-16-7-11)12-8-17-19(9-10(2)3)14(20)13(12)15/h8,10-11,16H,4-7,9H2,1-3H3. The fraction of sp³-hybridized carbons (Fsp3) is 0.714. The molecule has 0 bridgehead atoms. The minimum absolute atomic E-state index is 0.192. The maximum atomic E-state index is 12.3. The molecule has 1 aliphatic rings. The summed E-state index contributed by atoms with van der Waals surface area (Å²) in [6.07, 6.45) is 2.80. The van der Waals surface area contributed by atoms with Crippen LogP contribution in [0.5, 0.6) is 0 Å². The van der Waals surface area contributed by atoms with Crippen LogP contribution in [0.1, 0.15) is 27.2 Å². The van der Waals surface area contributed by atoms with Crippen molar-refractivity contribution >= 4 is 17.3 Å². The summed E-state index contributed by atoms with van der Waals surface area (Å²) in [5, 5.41) is 7.90. The Morgan fingerprint density at radius 2 is 2.35 bits per heavy atom. The quantitative estimate of drug-likeness (QED) is 0.900. The van der Waals surface area contributed by atoms with Gasteiger partial charge in [-0.3, -0.25) is 4.79 Å². The fourth-order valence-electron chi connectivity index (χ4n) is 2.66. The minimum Gasteiger partial charge on any atom is -0.365 e. The fourth-order valence-corrected chi connectivity index (χ4v) is 2.92. The van der Waals surface area contributed by atoms with Crippen LogP contribution in [-0.4, -0.2) is 35.5 Å². The number of aromatic nitrogens is 2. The van der Waals surface area contributed by atoms with E-state index < -0.39 is 0 Å². The maximum absolute atomic E-state index is 12.3. The van der Waals surface area contributed by atoms with Crippen molar-refractivity contribution < 1.29 is 0 Å². The van der Waals surface area contributed by atoms with E-state index in [1.807, 2.05) is 0 Å². The molecule has 1 saturated heterocycles. The van der Waals surface area contributed by atoms with Crippen LogP contribution in [0, 0.1) is 5.92 Å². The van der Waals surface area contributed by atoms with Gasteiger partial charge >= 0.3 is 0 Å². The van der Waals surface area contributed by atoms with Gasteiger partial charge in [-0.25, -0.2) is 4.68 Å². The van der Waals surface area contributed by atoms with Crippen molar-refractivity contribution in [3.8, 4) is 0 Å². The number of rotatable bonds is 5. The van der Waals surface area contributed by atoms with Crippen molar-refractivity contribution in [2.24, 2.45) is 5.92 Å². The molecule has 0 spiro atoms. The monoisotopic (exact) mass is 298 g/mol. The molecule has 0 aliphatic carbocycles. The topological polar surface area (TPSA) is 50.2 Å². The highest BCUT2D eigenvalue weighted by Gasteiger charge is 2.24. The normalized spacial score (nSPS) is 18.8. The van der Waals surface area contributed by atoms with Crippen molar-refractivity contribution in [3.63, 3.8) is 0 Å². The van der Waals surface area contributed by atoms with Gasteiger partial charge in [0.1, 0.15) is 5.02 Å². The molecule has 1 aromatic rings. The predicted octanol–water partition coefficient (Wildman–Crippen LogP) is 1.74. The Morgan fingerprint density at radius 1 is 1.60 bits per heavy atom. The first-order valence-electron chi connectivity index (χ1n) is 7.27. The Bertz CT molecular complexity index is 508. The molecular weight excluding hydrogens is 276 g/mol. The first kappa shape index (κ1) is 15.3. The second kappa shape index (κ2) is 6.59. The highest BCUT2D eigenvalue weighted by atomic mass is 35.5. The SMILES string of the molecule is CCN(c1cnn(CC(C)C)c(=O)c1Cl)C1CCNC1. The van der Waals surface area contributed by atoms with Crippen molar-refractivity contribution in [2.75, 3.05) is 24.5 Å². The molecule has 6 heteroatoms. The zero-order valence-corrected chi connectivity index (χ0v) is 13.2. The molecule has 1 fully saturated rings. The molecule has 20 heavy (non-hydrogen) atoms. The minimum atomic E-state index is -0.192. The first-order valence-corrected chi connectivity index (χ1v) is 7.65. The number of hydrogen-bond donors (Lipinski definition) is 1. The van der Waals surface area contributed by atoms with E-state index in [0.717, 1.165) is 31.7 Å². The Hall–Kier alpha value is -1.07. The van der Waals surface area contributed by atoms with Gasteiger partial charge in [-0.1, -0.05) is 25.4 Å². The lowest BCUT2D eigenvalue weighted by molar-refractivity contribution is 0.463. The lowest BCUT2D eigenvalue weighted by Crippen LogP contribution is -2.38. The van der Waals surface area contributed by atoms with E-state index in [1.165, 1.54) is 4.68 Å². The molecule has 1 unspecified atom stereocenters. The van der Waals surface area contributed by atoms with Crippen LogP contribution >= 0.6 is 11.6 Å². The van der Waals surface area contributed by atoms with Gasteiger partial charge in [-0.15, -0.1) is 0 Å². The lowest BCUT2D eigenvalue weighted by Gasteiger charge is -2.29. The van der Waals surface area contributed by atoms with Gasteiger partial charge in [0, 0.05) is 25.7 Å². The third-order valence-corrected chi connectivity index (χ3v) is 3.99. The number of likely N-dealkylation sites (N-methyl/N-ethyl adjacent to an activating group) is 1. The summed E-state index contributed by atoms with van der Waals surface area (Å²) in [4.78, 5) is 14.5. The van der Waals surface area contributed by atoms with Gasteiger partial charge in [-0.2, -0.15) is 5.10 Å². The Labute approximate surface area is 124 Å². The molecule has 112 valence electrons. The van der Waals surface area contributed by atoms with E-state index >= 15 is 0 Å². The van der Waals surface area contributed by atoms with Crippen molar-refractivity contribution in [2.45, 2.75) is 39.8 Å². The van der Waals surface area contributed by atoms with E-state index in [0.29, 0.717) is 18.5 Å². The maximum Gasteiger partial charge on any atom is 0.287 e. The summed E-state index contributed by atoms with van der Waals surface area (Å²) >= 11 is 6.30. The van der Waals surface area contributed by atoms with Gasteiger partial charge in [0.15, 0.2) is 0 Å². The van der Waals surface area contributed by atoms with Gasteiger partial charge in [0.25, 0.3) is 5.56 Å². The van der Waals surface area contributed by atoms with Gasteiger partial charge in [0.05, 0.1) is 11.9 Å². The first-order chi connectivity index (χ1) is 9.54. The second-order valence-electron chi connectivity index (χ2n) is 5.66. The van der Waals surface area contributed by atoms with Crippen LogP contribution in [-0.2, 0) is 6.54 Å². The molecule has 0 radical (unpaired) electrons. The van der Waals surface area contributed by atoms with Crippen LogP contribution in [0.3, 0.4) is 0 Å². The van der Waals surface area contributed by atoms with Crippen molar-refractivity contribution in [1.29, 1.82) is 0 Å². The number of hydrogen-bond acceptors (Lipinski definition) is 4.